The van der Waals surface area contributed by atoms with Crippen molar-refractivity contribution in [3.8, 4) is 0 Å². The van der Waals surface area contributed by atoms with Gasteiger partial charge in [-0.1, -0.05) is 36.4 Å². The molecule has 4 rings (SSSR count). The number of nitrogens with zero attached hydrogens (tertiary/aromatic N) is 1. The van der Waals surface area contributed by atoms with Crippen molar-refractivity contribution in [3.63, 3.8) is 0 Å². The summed E-state index contributed by atoms with van der Waals surface area (Å²) in [5, 5.41) is 11.1. The number of hydrogen-bond acceptors (Lipinski definition) is 6. The molecule has 0 fully saturated rings. The molecule has 0 aromatic heterocycles. The Hall–Kier alpha value is -5.35. The topological polar surface area (TPSA) is 120 Å². The molecule has 4 amide bonds. The molecule has 9 nitrogen and oxygen atoms in total. The largest absolute Gasteiger partial charge is 0.378 e. The van der Waals surface area contributed by atoms with Crippen LogP contribution in [0.3, 0.4) is 0 Å². The second-order valence-corrected chi connectivity index (χ2v) is 11.0. The number of thioether (sulfide) groups is 1. The molecule has 0 heterocycles. The fraction of sp³-hybridized carbons (Fsp3) is 0.118. The lowest BCUT2D eigenvalue weighted by atomic mass is 10.1. The predicted octanol–water partition coefficient (Wildman–Crippen LogP) is 5.85. The molecule has 4 aromatic rings. The van der Waals surface area contributed by atoms with Crippen LogP contribution in [0.1, 0.15) is 22.8 Å². The average Bonchev–Trinajstić information content (AvgIpc) is 3.01. The highest BCUT2D eigenvalue weighted by atomic mass is 32.2. The standard InChI is InChI=1S/C34H33N5O4S/c1-23(40)35-26-14-16-27(17-15-26)36-32(41)22-44-30-11-7-10-28(21-30)37-34(43)31(38-33(42)25-8-5-4-6-9-25)20-24-12-18-29(19-13-24)39(2)3/h4-21H,22H2,1-3H3,(H,35,40)(H,36,41)(H,37,43)(H,38,42)/b31-20+. The van der Waals surface area contributed by atoms with Gasteiger partial charge in [0.1, 0.15) is 5.70 Å². The van der Waals surface area contributed by atoms with E-state index in [-0.39, 0.29) is 23.3 Å². The Morgan fingerprint density at radius 3 is 2.02 bits per heavy atom. The molecule has 224 valence electrons. The fourth-order valence-electron chi connectivity index (χ4n) is 4.03. The van der Waals surface area contributed by atoms with E-state index >= 15 is 0 Å². The summed E-state index contributed by atoms with van der Waals surface area (Å²) in [7, 11) is 3.88. The van der Waals surface area contributed by atoms with Gasteiger partial charge in [-0.25, -0.2) is 0 Å². The zero-order valence-electron chi connectivity index (χ0n) is 24.6. The molecule has 0 saturated heterocycles. The van der Waals surface area contributed by atoms with Gasteiger partial charge in [-0.2, -0.15) is 0 Å². The van der Waals surface area contributed by atoms with Gasteiger partial charge in [0, 0.05) is 54.2 Å². The van der Waals surface area contributed by atoms with Crippen molar-refractivity contribution >= 4 is 64.2 Å². The van der Waals surface area contributed by atoms with Crippen molar-refractivity contribution in [1.82, 2.24) is 5.32 Å². The van der Waals surface area contributed by atoms with Crippen LogP contribution in [0.25, 0.3) is 6.08 Å². The van der Waals surface area contributed by atoms with Gasteiger partial charge in [-0.15, -0.1) is 11.8 Å². The first-order valence-electron chi connectivity index (χ1n) is 13.7. The summed E-state index contributed by atoms with van der Waals surface area (Å²) < 4.78 is 0. The zero-order chi connectivity index (χ0) is 31.5. The molecule has 0 spiro atoms. The third-order valence-corrected chi connectivity index (χ3v) is 7.19. The van der Waals surface area contributed by atoms with Crippen molar-refractivity contribution in [3.05, 3.63) is 120 Å². The van der Waals surface area contributed by atoms with Crippen LogP contribution in [0.4, 0.5) is 22.7 Å². The normalized spacial score (nSPS) is 10.8. The van der Waals surface area contributed by atoms with Crippen LogP contribution >= 0.6 is 11.8 Å². The van der Waals surface area contributed by atoms with Gasteiger partial charge in [-0.3, -0.25) is 19.2 Å². The molecule has 0 aliphatic heterocycles. The van der Waals surface area contributed by atoms with Crippen LogP contribution in [-0.4, -0.2) is 43.5 Å². The molecule has 0 aliphatic carbocycles. The molecule has 10 heteroatoms. The second kappa shape index (κ2) is 15.2. The van der Waals surface area contributed by atoms with E-state index < -0.39 is 11.8 Å². The van der Waals surface area contributed by atoms with E-state index in [1.54, 1.807) is 72.8 Å². The molecule has 0 radical (unpaired) electrons. The van der Waals surface area contributed by atoms with Gasteiger partial charge in [0.25, 0.3) is 11.8 Å². The van der Waals surface area contributed by atoms with Crippen LogP contribution in [0.2, 0.25) is 0 Å². The lowest BCUT2D eigenvalue weighted by molar-refractivity contribution is -0.114. The van der Waals surface area contributed by atoms with E-state index in [9.17, 15) is 19.2 Å². The van der Waals surface area contributed by atoms with E-state index in [1.165, 1.54) is 18.7 Å². The first kappa shape index (κ1) is 31.6. The van der Waals surface area contributed by atoms with Gasteiger partial charge in [0.2, 0.25) is 11.8 Å². The summed E-state index contributed by atoms with van der Waals surface area (Å²) in [5.74, 6) is -1.13. The molecule has 0 atom stereocenters. The SMILES string of the molecule is CC(=O)Nc1ccc(NC(=O)CSc2cccc(NC(=O)/C(=C\c3ccc(N(C)C)cc3)NC(=O)c3ccccc3)c2)cc1. The quantitative estimate of drug-likeness (QED) is 0.125. The Morgan fingerprint density at radius 1 is 0.727 bits per heavy atom. The van der Waals surface area contributed by atoms with E-state index in [2.05, 4.69) is 21.3 Å². The maximum atomic E-state index is 13.4. The smallest absolute Gasteiger partial charge is 0.272 e. The number of anilines is 4. The molecular formula is C34H33N5O4S. The summed E-state index contributed by atoms with van der Waals surface area (Å²) in [6, 6.07) is 30.2. The highest BCUT2D eigenvalue weighted by molar-refractivity contribution is 8.00. The Kier molecular flexibility index (Phi) is 10.9. The summed E-state index contributed by atoms with van der Waals surface area (Å²) >= 11 is 1.31. The van der Waals surface area contributed by atoms with Gasteiger partial charge in [0.05, 0.1) is 5.75 Å². The van der Waals surface area contributed by atoms with Crippen LogP contribution in [-0.2, 0) is 14.4 Å². The van der Waals surface area contributed by atoms with Crippen LogP contribution in [0.15, 0.2) is 114 Å². The minimum absolute atomic E-state index is 0.0819. The molecule has 4 aromatic carbocycles. The van der Waals surface area contributed by atoms with E-state index in [0.29, 0.717) is 22.6 Å². The van der Waals surface area contributed by atoms with Crippen molar-refractivity contribution in [1.29, 1.82) is 0 Å². The van der Waals surface area contributed by atoms with E-state index in [1.807, 2.05) is 55.4 Å². The first-order chi connectivity index (χ1) is 21.2. The van der Waals surface area contributed by atoms with Crippen molar-refractivity contribution < 1.29 is 19.2 Å². The molecule has 4 N–H and O–H groups in total. The lowest BCUT2D eigenvalue weighted by Gasteiger charge is -2.14. The van der Waals surface area contributed by atoms with Crippen molar-refractivity contribution in [2.45, 2.75) is 11.8 Å². The molecule has 44 heavy (non-hydrogen) atoms. The van der Waals surface area contributed by atoms with Gasteiger partial charge < -0.3 is 26.2 Å². The van der Waals surface area contributed by atoms with Crippen molar-refractivity contribution in [2.24, 2.45) is 0 Å². The number of carbonyl (C=O) groups is 4. The maximum absolute atomic E-state index is 13.4. The second-order valence-electron chi connectivity index (χ2n) is 9.94. The zero-order valence-corrected chi connectivity index (χ0v) is 25.4. The maximum Gasteiger partial charge on any atom is 0.272 e. The molecule has 0 saturated carbocycles. The Labute approximate surface area is 260 Å². The van der Waals surface area contributed by atoms with Crippen LogP contribution < -0.4 is 26.2 Å². The lowest BCUT2D eigenvalue weighted by Crippen LogP contribution is -2.30. The monoisotopic (exact) mass is 607 g/mol. The summed E-state index contributed by atoms with van der Waals surface area (Å²) in [5.41, 5.74) is 4.02. The number of hydrogen-bond donors (Lipinski definition) is 4. The minimum atomic E-state index is -0.492. The Balaban J connectivity index is 1.42. The highest BCUT2D eigenvalue weighted by Crippen LogP contribution is 2.23. The Bertz CT molecular complexity index is 1650. The highest BCUT2D eigenvalue weighted by Gasteiger charge is 2.16. The average molecular weight is 608 g/mol. The molecular weight excluding hydrogens is 574 g/mol. The fourth-order valence-corrected chi connectivity index (χ4v) is 4.78. The number of nitrogens with one attached hydrogen (secondary N) is 4. The van der Waals surface area contributed by atoms with Gasteiger partial charge in [0.15, 0.2) is 0 Å². The predicted molar refractivity (Wildman–Crippen MR) is 178 cm³/mol. The van der Waals surface area contributed by atoms with Crippen LogP contribution in [0.5, 0.6) is 0 Å². The number of rotatable bonds is 11. The summed E-state index contributed by atoms with van der Waals surface area (Å²) in [4.78, 5) is 52.8. The number of carbonyl (C=O) groups excluding carboxylic acids is 4. The van der Waals surface area contributed by atoms with Gasteiger partial charge in [-0.05, 0) is 78.4 Å². The Morgan fingerprint density at radius 2 is 1.39 bits per heavy atom. The van der Waals surface area contributed by atoms with E-state index in [4.69, 9.17) is 0 Å². The minimum Gasteiger partial charge on any atom is -0.378 e. The molecule has 0 bridgehead atoms. The first-order valence-corrected chi connectivity index (χ1v) is 14.7. The van der Waals surface area contributed by atoms with Gasteiger partial charge >= 0.3 is 0 Å². The molecule has 0 aliphatic rings. The third kappa shape index (κ3) is 9.60. The molecule has 0 unspecified atom stereocenters. The summed E-state index contributed by atoms with van der Waals surface area (Å²) in [6.45, 7) is 1.43. The third-order valence-electron chi connectivity index (χ3n) is 6.20. The summed E-state index contributed by atoms with van der Waals surface area (Å²) in [6.07, 6.45) is 1.63. The number of amides is 4. The van der Waals surface area contributed by atoms with E-state index in [0.717, 1.165) is 16.1 Å². The van der Waals surface area contributed by atoms with Crippen molar-refractivity contribution in [2.75, 3.05) is 40.7 Å². The van der Waals surface area contributed by atoms with Crippen LogP contribution in [0, 0.1) is 0 Å². The number of benzene rings is 4.